The Morgan fingerprint density at radius 1 is 1.14 bits per heavy atom. The van der Waals surface area contributed by atoms with E-state index in [-0.39, 0.29) is 5.91 Å². The SMILES string of the molecule is COc1ccc(CCNCC(=O)NCCN(C)C)cc1OC. The zero-order valence-electron chi connectivity index (χ0n) is 13.9. The van der Waals surface area contributed by atoms with Crippen LogP contribution in [0.5, 0.6) is 11.5 Å². The molecule has 6 nitrogen and oxygen atoms in total. The van der Waals surface area contributed by atoms with Crippen LogP contribution in [0.15, 0.2) is 18.2 Å². The number of rotatable bonds is 10. The van der Waals surface area contributed by atoms with Crippen molar-refractivity contribution in [3.63, 3.8) is 0 Å². The van der Waals surface area contributed by atoms with Crippen molar-refractivity contribution in [2.24, 2.45) is 0 Å². The van der Waals surface area contributed by atoms with E-state index in [0.717, 1.165) is 36.6 Å². The van der Waals surface area contributed by atoms with Crippen LogP contribution >= 0.6 is 0 Å². The summed E-state index contributed by atoms with van der Waals surface area (Å²) in [6.07, 6.45) is 0.825. The lowest BCUT2D eigenvalue weighted by Crippen LogP contribution is -2.37. The number of likely N-dealkylation sites (N-methyl/N-ethyl adjacent to an activating group) is 1. The van der Waals surface area contributed by atoms with Crippen LogP contribution in [0.1, 0.15) is 5.56 Å². The molecule has 0 aliphatic rings. The van der Waals surface area contributed by atoms with Crippen LogP contribution in [0.25, 0.3) is 0 Å². The second-order valence-electron chi connectivity index (χ2n) is 5.27. The molecule has 0 aliphatic heterocycles. The molecule has 1 aromatic carbocycles. The number of carbonyl (C=O) groups excluding carboxylic acids is 1. The summed E-state index contributed by atoms with van der Waals surface area (Å²) in [4.78, 5) is 13.6. The fraction of sp³-hybridized carbons (Fsp3) is 0.562. The number of nitrogens with one attached hydrogen (secondary N) is 2. The van der Waals surface area contributed by atoms with Crippen LogP contribution in [-0.4, -0.2) is 65.3 Å². The summed E-state index contributed by atoms with van der Waals surface area (Å²) < 4.78 is 10.5. The second-order valence-corrected chi connectivity index (χ2v) is 5.27. The number of amides is 1. The third-order valence-corrected chi connectivity index (χ3v) is 3.21. The zero-order chi connectivity index (χ0) is 16.4. The van der Waals surface area contributed by atoms with Gasteiger partial charge in [-0.25, -0.2) is 0 Å². The summed E-state index contributed by atoms with van der Waals surface area (Å²) in [5.74, 6) is 1.47. The molecular formula is C16H27N3O3. The van der Waals surface area contributed by atoms with E-state index >= 15 is 0 Å². The molecule has 0 bridgehead atoms. The lowest BCUT2D eigenvalue weighted by molar-refractivity contribution is -0.120. The van der Waals surface area contributed by atoms with Gasteiger partial charge in [0.15, 0.2) is 11.5 Å². The highest BCUT2D eigenvalue weighted by Crippen LogP contribution is 2.27. The minimum atomic E-state index is 0.0224. The Morgan fingerprint density at radius 2 is 1.86 bits per heavy atom. The minimum Gasteiger partial charge on any atom is -0.493 e. The summed E-state index contributed by atoms with van der Waals surface area (Å²) in [6.45, 7) is 2.58. The molecule has 1 rings (SSSR count). The van der Waals surface area contributed by atoms with Crippen molar-refractivity contribution >= 4 is 5.91 Å². The van der Waals surface area contributed by atoms with Gasteiger partial charge in [-0.1, -0.05) is 6.07 Å². The van der Waals surface area contributed by atoms with Gasteiger partial charge in [-0.2, -0.15) is 0 Å². The average Bonchev–Trinajstić information content (AvgIpc) is 2.51. The molecular weight excluding hydrogens is 282 g/mol. The van der Waals surface area contributed by atoms with Crippen molar-refractivity contribution < 1.29 is 14.3 Å². The van der Waals surface area contributed by atoms with Crippen molar-refractivity contribution in [3.05, 3.63) is 23.8 Å². The summed E-state index contributed by atoms with van der Waals surface area (Å²) in [5.41, 5.74) is 1.14. The first-order valence-corrected chi connectivity index (χ1v) is 7.40. The predicted molar refractivity (Wildman–Crippen MR) is 87.7 cm³/mol. The number of benzene rings is 1. The van der Waals surface area contributed by atoms with Crippen molar-refractivity contribution in [1.82, 2.24) is 15.5 Å². The molecule has 0 spiro atoms. The van der Waals surface area contributed by atoms with Crippen LogP contribution in [0.4, 0.5) is 0 Å². The molecule has 0 atom stereocenters. The van der Waals surface area contributed by atoms with Crippen LogP contribution in [-0.2, 0) is 11.2 Å². The normalized spacial score (nSPS) is 10.6. The van der Waals surface area contributed by atoms with Gasteiger partial charge in [-0.3, -0.25) is 4.79 Å². The molecule has 2 N–H and O–H groups in total. The molecule has 0 radical (unpaired) electrons. The Balaban J connectivity index is 2.25. The first kappa shape index (κ1) is 18.3. The Bertz CT molecular complexity index is 464. The van der Waals surface area contributed by atoms with Gasteiger partial charge in [0.1, 0.15) is 0 Å². The highest BCUT2D eigenvalue weighted by atomic mass is 16.5. The van der Waals surface area contributed by atoms with Crippen molar-refractivity contribution in [2.75, 3.05) is 54.5 Å². The number of nitrogens with zero attached hydrogens (tertiary/aromatic N) is 1. The summed E-state index contributed by atoms with van der Waals surface area (Å²) in [7, 11) is 7.20. The number of hydrogen-bond acceptors (Lipinski definition) is 5. The minimum absolute atomic E-state index is 0.0224. The van der Waals surface area contributed by atoms with Crippen LogP contribution < -0.4 is 20.1 Å². The van der Waals surface area contributed by atoms with E-state index in [4.69, 9.17) is 9.47 Å². The Hall–Kier alpha value is -1.79. The highest BCUT2D eigenvalue weighted by molar-refractivity contribution is 5.77. The largest absolute Gasteiger partial charge is 0.493 e. The van der Waals surface area contributed by atoms with Gasteiger partial charge in [0.2, 0.25) is 5.91 Å². The Kier molecular flexibility index (Phi) is 8.32. The molecule has 0 saturated heterocycles. The van der Waals surface area contributed by atoms with Crippen molar-refractivity contribution in [2.45, 2.75) is 6.42 Å². The number of hydrogen-bond donors (Lipinski definition) is 2. The topological polar surface area (TPSA) is 62.8 Å². The van der Waals surface area contributed by atoms with Gasteiger partial charge in [-0.05, 0) is 44.8 Å². The molecule has 0 aromatic heterocycles. The standard InChI is InChI=1S/C16H27N3O3/c1-19(2)10-9-18-16(20)12-17-8-7-13-5-6-14(21-3)15(11-13)22-4/h5-6,11,17H,7-10,12H2,1-4H3,(H,18,20). The maximum Gasteiger partial charge on any atom is 0.234 e. The third kappa shape index (κ3) is 6.78. The lowest BCUT2D eigenvalue weighted by Gasteiger charge is -2.11. The van der Waals surface area contributed by atoms with Crippen molar-refractivity contribution in [3.8, 4) is 11.5 Å². The highest BCUT2D eigenvalue weighted by Gasteiger charge is 2.05. The van der Waals surface area contributed by atoms with Crippen LogP contribution in [0.2, 0.25) is 0 Å². The molecule has 0 fully saturated rings. The van der Waals surface area contributed by atoms with Crippen LogP contribution in [0, 0.1) is 0 Å². The van der Waals surface area contributed by atoms with Gasteiger partial charge >= 0.3 is 0 Å². The average molecular weight is 309 g/mol. The van der Waals surface area contributed by atoms with Gasteiger partial charge < -0.3 is 25.0 Å². The summed E-state index contributed by atoms with van der Waals surface area (Å²) in [5, 5.41) is 6.01. The van der Waals surface area contributed by atoms with E-state index in [1.165, 1.54) is 0 Å². The molecule has 22 heavy (non-hydrogen) atoms. The quantitative estimate of drug-likeness (QED) is 0.617. The number of methoxy groups -OCH3 is 2. The Morgan fingerprint density at radius 3 is 2.50 bits per heavy atom. The molecule has 0 unspecified atom stereocenters. The maximum absolute atomic E-state index is 11.6. The van der Waals surface area contributed by atoms with E-state index in [0.29, 0.717) is 13.1 Å². The lowest BCUT2D eigenvalue weighted by atomic mass is 10.1. The molecule has 0 heterocycles. The van der Waals surface area contributed by atoms with Crippen LogP contribution in [0.3, 0.4) is 0 Å². The molecule has 0 saturated carbocycles. The maximum atomic E-state index is 11.6. The molecule has 1 aromatic rings. The molecule has 124 valence electrons. The summed E-state index contributed by atoms with van der Waals surface area (Å²) >= 11 is 0. The zero-order valence-corrected chi connectivity index (χ0v) is 13.9. The van der Waals surface area contributed by atoms with Gasteiger partial charge in [0, 0.05) is 13.1 Å². The van der Waals surface area contributed by atoms with E-state index in [1.807, 2.05) is 37.2 Å². The van der Waals surface area contributed by atoms with Gasteiger partial charge in [0.05, 0.1) is 20.8 Å². The number of ether oxygens (including phenoxy) is 2. The molecule has 6 heteroatoms. The monoisotopic (exact) mass is 309 g/mol. The van der Waals surface area contributed by atoms with Crippen molar-refractivity contribution in [1.29, 1.82) is 0 Å². The van der Waals surface area contributed by atoms with E-state index < -0.39 is 0 Å². The second kappa shape index (κ2) is 10.0. The van der Waals surface area contributed by atoms with E-state index in [2.05, 4.69) is 10.6 Å². The summed E-state index contributed by atoms with van der Waals surface area (Å²) in [6, 6.07) is 5.85. The third-order valence-electron chi connectivity index (χ3n) is 3.21. The fourth-order valence-electron chi connectivity index (χ4n) is 1.95. The van der Waals surface area contributed by atoms with Gasteiger partial charge in [-0.15, -0.1) is 0 Å². The molecule has 0 aliphatic carbocycles. The Labute approximate surface area is 132 Å². The first-order valence-electron chi connectivity index (χ1n) is 7.40. The van der Waals surface area contributed by atoms with E-state index in [1.54, 1.807) is 14.2 Å². The fourth-order valence-corrected chi connectivity index (χ4v) is 1.95. The predicted octanol–water partition coefficient (Wildman–Crippen LogP) is 0.514. The molecule has 1 amide bonds. The first-order chi connectivity index (χ1) is 10.6. The number of carbonyl (C=O) groups is 1. The smallest absolute Gasteiger partial charge is 0.234 e. The van der Waals surface area contributed by atoms with E-state index in [9.17, 15) is 4.79 Å². The van der Waals surface area contributed by atoms with Gasteiger partial charge in [0.25, 0.3) is 0 Å².